The van der Waals surface area contributed by atoms with Crippen molar-refractivity contribution in [3.63, 3.8) is 0 Å². The molecule has 0 saturated carbocycles. The van der Waals surface area contributed by atoms with Gasteiger partial charge in [0.05, 0.1) is 0 Å². The fourth-order valence-electron chi connectivity index (χ4n) is 2.03. The summed E-state index contributed by atoms with van der Waals surface area (Å²) >= 11 is 1.67. The van der Waals surface area contributed by atoms with Gasteiger partial charge >= 0.3 is 0 Å². The average molecular weight is 316 g/mol. The molecule has 1 saturated heterocycles. The molecule has 0 bridgehead atoms. The highest BCUT2D eigenvalue weighted by Gasteiger charge is 2.31. The minimum atomic E-state index is -3.13. The molecule has 1 aliphatic rings. The number of aromatic nitrogens is 2. The molecule has 0 spiro atoms. The third kappa shape index (κ3) is 3.76. The van der Waals surface area contributed by atoms with E-state index in [2.05, 4.69) is 22.2 Å². The van der Waals surface area contributed by atoms with E-state index in [-0.39, 0.29) is 0 Å². The summed E-state index contributed by atoms with van der Waals surface area (Å²) in [5.74, 6) is 2.72. The molecule has 6 nitrogen and oxygen atoms in total. The van der Waals surface area contributed by atoms with Crippen molar-refractivity contribution >= 4 is 33.4 Å². The Balaban J connectivity index is 2.24. The molecule has 0 amide bonds. The third-order valence-electron chi connectivity index (χ3n) is 3.05. The van der Waals surface area contributed by atoms with Crippen LogP contribution in [0.1, 0.15) is 13.3 Å². The Hall–Kier alpha value is -1.02. The first-order chi connectivity index (χ1) is 9.52. The van der Waals surface area contributed by atoms with Crippen LogP contribution >= 0.6 is 11.8 Å². The number of sulfone groups is 1. The molecule has 112 valence electrons. The van der Waals surface area contributed by atoms with Crippen LogP contribution < -0.4 is 10.2 Å². The quantitative estimate of drug-likeness (QED) is 0.875. The largest absolute Gasteiger partial charge is 0.354 e. The fraction of sp³-hybridized carbons (Fsp3) is 0.667. The van der Waals surface area contributed by atoms with Gasteiger partial charge in [0.1, 0.15) is 11.2 Å². The topological polar surface area (TPSA) is 75.2 Å². The molecule has 1 aromatic rings. The Morgan fingerprint density at radius 2 is 2.35 bits per heavy atom. The molecule has 0 aromatic carbocycles. The molecule has 1 N–H and O–H groups in total. The Morgan fingerprint density at radius 1 is 1.55 bits per heavy atom. The first kappa shape index (κ1) is 15.4. The number of thioether (sulfide) groups is 1. The lowest BCUT2D eigenvalue weighted by molar-refractivity contribution is 0.583. The van der Waals surface area contributed by atoms with Gasteiger partial charge in [-0.3, -0.25) is 0 Å². The Labute approximate surface area is 124 Å². The van der Waals surface area contributed by atoms with Crippen molar-refractivity contribution in [2.45, 2.75) is 18.7 Å². The summed E-state index contributed by atoms with van der Waals surface area (Å²) in [7, 11) is -3.13. The monoisotopic (exact) mass is 316 g/mol. The van der Waals surface area contributed by atoms with E-state index in [0.717, 1.165) is 18.7 Å². The predicted molar refractivity (Wildman–Crippen MR) is 84.1 cm³/mol. The van der Waals surface area contributed by atoms with E-state index in [4.69, 9.17) is 0 Å². The maximum Gasteiger partial charge on any atom is 0.224 e. The number of nitrogens with one attached hydrogen (secondary N) is 1. The van der Waals surface area contributed by atoms with Crippen LogP contribution in [0.15, 0.2) is 12.3 Å². The van der Waals surface area contributed by atoms with E-state index in [1.165, 1.54) is 6.26 Å². The molecule has 1 fully saturated rings. The Morgan fingerprint density at radius 3 is 3.05 bits per heavy atom. The Bertz CT molecular complexity index is 550. The van der Waals surface area contributed by atoms with Gasteiger partial charge in [-0.1, -0.05) is 6.92 Å². The van der Waals surface area contributed by atoms with Crippen LogP contribution in [0, 0.1) is 0 Å². The summed E-state index contributed by atoms with van der Waals surface area (Å²) in [4.78, 5) is 10.4. The molecule has 2 heterocycles. The lowest BCUT2D eigenvalue weighted by atomic mass is 10.4. The molecule has 20 heavy (non-hydrogen) atoms. The zero-order chi connectivity index (χ0) is 14.6. The third-order valence-corrected chi connectivity index (χ3v) is 5.69. The van der Waals surface area contributed by atoms with E-state index in [9.17, 15) is 8.42 Å². The van der Waals surface area contributed by atoms with Crippen LogP contribution in [-0.4, -0.2) is 54.6 Å². The first-order valence-corrected chi connectivity index (χ1v) is 9.73. The van der Waals surface area contributed by atoms with E-state index in [0.29, 0.717) is 24.1 Å². The zero-order valence-corrected chi connectivity index (χ0v) is 13.4. The highest BCUT2D eigenvalue weighted by atomic mass is 32.2. The summed E-state index contributed by atoms with van der Waals surface area (Å²) in [5, 5.41) is 2.62. The average Bonchev–Trinajstić information content (AvgIpc) is 2.44. The van der Waals surface area contributed by atoms with Crippen molar-refractivity contribution in [2.75, 3.05) is 41.1 Å². The summed E-state index contributed by atoms with van der Waals surface area (Å²) in [5.41, 5.74) is 0. The van der Waals surface area contributed by atoms with Gasteiger partial charge in [0.2, 0.25) is 5.95 Å². The summed E-state index contributed by atoms with van der Waals surface area (Å²) < 4.78 is 23.8. The minimum absolute atomic E-state index is 0.504. The molecule has 8 heteroatoms. The summed E-state index contributed by atoms with van der Waals surface area (Å²) in [6, 6.07) is 1.77. The summed E-state index contributed by atoms with van der Waals surface area (Å²) in [6.07, 6.45) is 3.94. The number of anilines is 2. The fourth-order valence-corrected chi connectivity index (χ4v) is 4.86. The van der Waals surface area contributed by atoms with Crippen LogP contribution in [0.3, 0.4) is 0 Å². The second-order valence-electron chi connectivity index (χ2n) is 4.72. The molecule has 0 aliphatic carbocycles. The molecule has 0 radical (unpaired) electrons. The van der Waals surface area contributed by atoms with Crippen LogP contribution in [0.5, 0.6) is 0 Å². The zero-order valence-electron chi connectivity index (χ0n) is 11.7. The molecule has 1 unspecified atom stereocenters. The van der Waals surface area contributed by atoms with Crippen molar-refractivity contribution in [3.05, 3.63) is 12.3 Å². The number of nitrogens with zero attached hydrogens (tertiary/aromatic N) is 3. The standard InChI is InChI=1S/C12H20N4O2S2/c1-3-5-13-12-14-6-4-10(15-12)16-7-8-19-9-11(16)20(2,17)18/h4,6,11H,3,5,7-9H2,1-2H3,(H,13,14,15). The van der Waals surface area contributed by atoms with E-state index in [1.807, 2.05) is 4.90 Å². The van der Waals surface area contributed by atoms with Gasteiger partial charge in [0, 0.05) is 37.0 Å². The van der Waals surface area contributed by atoms with Crippen LogP contribution in [0.2, 0.25) is 0 Å². The SMILES string of the molecule is CCCNc1nccc(N2CCSCC2S(C)(=O)=O)n1. The molecular weight excluding hydrogens is 296 g/mol. The van der Waals surface area contributed by atoms with Gasteiger partial charge in [-0.05, 0) is 12.5 Å². The lowest BCUT2D eigenvalue weighted by Gasteiger charge is -2.34. The van der Waals surface area contributed by atoms with E-state index in [1.54, 1.807) is 24.0 Å². The van der Waals surface area contributed by atoms with Crippen molar-refractivity contribution < 1.29 is 8.42 Å². The van der Waals surface area contributed by atoms with Crippen LogP contribution in [0.25, 0.3) is 0 Å². The van der Waals surface area contributed by atoms with Crippen molar-refractivity contribution in [2.24, 2.45) is 0 Å². The van der Waals surface area contributed by atoms with E-state index < -0.39 is 15.2 Å². The normalized spacial score (nSPS) is 19.9. The number of rotatable bonds is 5. The Kier molecular flexibility index (Phi) is 5.09. The number of hydrogen-bond donors (Lipinski definition) is 1. The maximum atomic E-state index is 11.9. The van der Waals surface area contributed by atoms with E-state index >= 15 is 0 Å². The number of hydrogen-bond acceptors (Lipinski definition) is 7. The lowest BCUT2D eigenvalue weighted by Crippen LogP contribution is -2.47. The second-order valence-corrected chi connectivity index (χ2v) is 8.07. The molecule has 1 aliphatic heterocycles. The summed E-state index contributed by atoms with van der Waals surface area (Å²) in [6.45, 7) is 3.56. The smallest absolute Gasteiger partial charge is 0.224 e. The molecule has 1 aromatic heterocycles. The predicted octanol–water partition coefficient (Wildman–Crippen LogP) is 1.22. The van der Waals surface area contributed by atoms with Gasteiger partial charge in [0.15, 0.2) is 9.84 Å². The van der Waals surface area contributed by atoms with Gasteiger partial charge in [-0.2, -0.15) is 16.7 Å². The first-order valence-electron chi connectivity index (χ1n) is 6.62. The highest BCUT2D eigenvalue weighted by Crippen LogP contribution is 2.25. The molecule has 2 rings (SSSR count). The van der Waals surface area contributed by atoms with Gasteiger partial charge in [0.25, 0.3) is 0 Å². The van der Waals surface area contributed by atoms with Gasteiger partial charge in [-0.15, -0.1) is 0 Å². The maximum absolute atomic E-state index is 11.9. The van der Waals surface area contributed by atoms with Gasteiger partial charge in [-0.25, -0.2) is 13.4 Å². The van der Waals surface area contributed by atoms with Crippen molar-refractivity contribution in [1.29, 1.82) is 0 Å². The molecular formula is C12H20N4O2S2. The van der Waals surface area contributed by atoms with Crippen molar-refractivity contribution in [3.8, 4) is 0 Å². The van der Waals surface area contributed by atoms with Crippen LogP contribution in [-0.2, 0) is 9.84 Å². The highest BCUT2D eigenvalue weighted by molar-refractivity contribution is 8.01. The minimum Gasteiger partial charge on any atom is -0.354 e. The van der Waals surface area contributed by atoms with Crippen LogP contribution in [0.4, 0.5) is 11.8 Å². The molecule has 1 atom stereocenters. The van der Waals surface area contributed by atoms with Crippen molar-refractivity contribution in [1.82, 2.24) is 9.97 Å². The van der Waals surface area contributed by atoms with Gasteiger partial charge < -0.3 is 10.2 Å². The second kappa shape index (κ2) is 6.62.